The second kappa shape index (κ2) is 11.2. The van der Waals surface area contributed by atoms with Crippen molar-refractivity contribution in [2.45, 2.75) is 45.1 Å². The lowest BCUT2D eigenvalue weighted by molar-refractivity contribution is -0.136. The minimum atomic E-state index is -0.0338. The second-order valence-corrected chi connectivity index (χ2v) is 8.91. The highest BCUT2D eigenvalue weighted by atomic mass is 16.5. The van der Waals surface area contributed by atoms with Crippen molar-refractivity contribution < 1.29 is 19.1 Å². The number of piperidine rings is 1. The van der Waals surface area contributed by atoms with Crippen LogP contribution < -0.4 is 9.64 Å². The Kier molecular flexibility index (Phi) is 7.83. The zero-order valence-corrected chi connectivity index (χ0v) is 19.8. The molecule has 2 aromatic carbocycles. The topological polar surface area (TPSA) is 70.2 Å². The van der Waals surface area contributed by atoms with Gasteiger partial charge in [0, 0.05) is 49.9 Å². The van der Waals surface area contributed by atoms with Crippen LogP contribution in [0.1, 0.15) is 49.4 Å². The number of likely N-dealkylation sites (tertiary alicyclic amines) is 1. The van der Waals surface area contributed by atoms with Gasteiger partial charge in [0.2, 0.25) is 5.91 Å². The van der Waals surface area contributed by atoms with E-state index < -0.39 is 0 Å². The first-order valence-electron chi connectivity index (χ1n) is 12.2. The van der Waals surface area contributed by atoms with Gasteiger partial charge in [0.1, 0.15) is 5.75 Å². The van der Waals surface area contributed by atoms with E-state index in [2.05, 4.69) is 6.92 Å². The lowest BCUT2D eigenvalue weighted by Gasteiger charge is -2.38. The zero-order chi connectivity index (χ0) is 23.9. The van der Waals surface area contributed by atoms with Gasteiger partial charge in [-0.25, -0.2) is 0 Å². The molecule has 0 spiro atoms. The molecule has 2 fully saturated rings. The smallest absolute Gasteiger partial charge is 0.260 e. The van der Waals surface area contributed by atoms with E-state index in [1.807, 2.05) is 64.4 Å². The molecule has 2 aromatic rings. The van der Waals surface area contributed by atoms with E-state index >= 15 is 0 Å². The Bertz CT molecular complexity index is 985. The molecule has 0 saturated carbocycles. The predicted molar refractivity (Wildman–Crippen MR) is 131 cm³/mol. The third-order valence-electron chi connectivity index (χ3n) is 6.58. The quantitative estimate of drug-likeness (QED) is 0.598. The number of carbonyl (C=O) groups excluding carboxylic acids is 3. The molecule has 7 heteroatoms. The number of amides is 3. The van der Waals surface area contributed by atoms with Crippen LogP contribution in [0.4, 0.5) is 5.69 Å². The van der Waals surface area contributed by atoms with Crippen LogP contribution in [0, 0.1) is 0 Å². The summed E-state index contributed by atoms with van der Waals surface area (Å²) in [7, 11) is 0. The van der Waals surface area contributed by atoms with Crippen LogP contribution in [-0.2, 0) is 9.59 Å². The number of hydrogen-bond donors (Lipinski definition) is 0. The average molecular weight is 464 g/mol. The summed E-state index contributed by atoms with van der Waals surface area (Å²) in [5.74, 6) is 0.780. The largest absolute Gasteiger partial charge is 0.484 e. The Morgan fingerprint density at radius 1 is 1.00 bits per heavy atom. The third-order valence-corrected chi connectivity index (χ3v) is 6.58. The monoisotopic (exact) mass is 463 g/mol. The van der Waals surface area contributed by atoms with Gasteiger partial charge < -0.3 is 19.4 Å². The van der Waals surface area contributed by atoms with Crippen molar-refractivity contribution in [3.8, 4) is 5.75 Å². The van der Waals surface area contributed by atoms with Crippen LogP contribution in [0.25, 0.3) is 0 Å². The minimum absolute atomic E-state index is 0.0227. The lowest BCUT2D eigenvalue weighted by atomic mass is 10.0. The van der Waals surface area contributed by atoms with E-state index in [0.29, 0.717) is 37.4 Å². The van der Waals surface area contributed by atoms with E-state index in [-0.39, 0.29) is 30.4 Å². The van der Waals surface area contributed by atoms with Gasteiger partial charge in [-0.05, 0) is 62.1 Å². The first-order valence-corrected chi connectivity index (χ1v) is 12.2. The molecule has 0 atom stereocenters. The average Bonchev–Trinajstić information content (AvgIpc) is 3.32. The van der Waals surface area contributed by atoms with Crippen LogP contribution in [0.3, 0.4) is 0 Å². The standard InChI is InChI=1S/C27H33N3O4/c1-2-16-29(23-14-18-28(19-15-23)27(33)21-7-4-3-5-8-21)26(32)20-34-24-12-10-22(11-13-24)30-17-6-9-25(30)31/h3-5,7-8,10-13,23H,2,6,9,14-20H2,1H3. The van der Waals surface area contributed by atoms with Gasteiger partial charge in [0.05, 0.1) is 0 Å². The first-order chi connectivity index (χ1) is 16.6. The zero-order valence-electron chi connectivity index (χ0n) is 19.8. The van der Waals surface area contributed by atoms with E-state index in [0.717, 1.165) is 37.9 Å². The van der Waals surface area contributed by atoms with Crippen LogP contribution in [-0.4, -0.2) is 66.3 Å². The first kappa shape index (κ1) is 23.8. The molecule has 0 aliphatic carbocycles. The maximum Gasteiger partial charge on any atom is 0.260 e. The Morgan fingerprint density at radius 3 is 2.32 bits per heavy atom. The highest BCUT2D eigenvalue weighted by molar-refractivity contribution is 5.95. The predicted octanol–water partition coefficient (Wildman–Crippen LogP) is 3.74. The summed E-state index contributed by atoms with van der Waals surface area (Å²) in [5.41, 5.74) is 1.57. The van der Waals surface area contributed by atoms with Gasteiger partial charge in [-0.2, -0.15) is 0 Å². The van der Waals surface area contributed by atoms with E-state index in [4.69, 9.17) is 4.74 Å². The fourth-order valence-electron chi connectivity index (χ4n) is 4.77. The van der Waals surface area contributed by atoms with Gasteiger partial charge in [-0.3, -0.25) is 14.4 Å². The molecular weight excluding hydrogens is 430 g/mol. The van der Waals surface area contributed by atoms with Gasteiger partial charge in [-0.15, -0.1) is 0 Å². The molecule has 0 unspecified atom stereocenters. The van der Waals surface area contributed by atoms with Crippen LogP contribution in [0.5, 0.6) is 5.75 Å². The Labute approximate surface area is 201 Å². The molecule has 2 aliphatic rings. The van der Waals surface area contributed by atoms with Crippen LogP contribution in [0.2, 0.25) is 0 Å². The molecule has 4 rings (SSSR count). The normalized spacial score (nSPS) is 16.6. The number of nitrogens with zero attached hydrogens (tertiary/aromatic N) is 3. The summed E-state index contributed by atoms with van der Waals surface area (Å²) < 4.78 is 5.79. The van der Waals surface area contributed by atoms with Crippen molar-refractivity contribution >= 4 is 23.4 Å². The minimum Gasteiger partial charge on any atom is -0.484 e. The maximum absolute atomic E-state index is 13.0. The SMILES string of the molecule is CCCN(C(=O)COc1ccc(N2CCCC2=O)cc1)C1CCN(C(=O)c2ccccc2)CC1. The Balaban J connectivity index is 1.29. The number of ether oxygens (including phenoxy) is 1. The molecule has 0 bridgehead atoms. The van der Waals surface area contributed by atoms with E-state index in [1.54, 1.807) is 4.90 Å². The molecule has 2 aliphatic heterocycles. The molecule has 7 nitrogen and oxygen atoms in total. The van der Waals surface area contributed by atoms with Gasteiger partial charge in [0.15, 0.2) is 6.61 Å². The van der Waals surface area contributed by atoms with Gasteiger partial charge in [0.25, 0.3) is 11.8 Å². The molecule has 180 valence electrons. The summed E-state index contributed by atoms with van der Waals surface area (Å²) in [5, 5.41) is 0. The molecule has 3 amide bonds. The van der Waals surface area contributed by atoms with E-state index in [1.165, 1.54) is 0 Å². The Morgan fingerprint density at radius 2 is 1.71 bits per heavy atom. The fraction of sp³-hybridized carbons (Fsp3) is 0.444. The number of carbonyl (C=O) groups is 3. The van der Waals surface area contributed by atoms with Crippen molar-refractivity contribution in [1.29, 1.82) is 0 Å². The lowest BCUT2D eigenvalue weighted by Crippen LogP contribution is -2.50. The number of hydrogen-bond acceptors (Lipinski definition) is 4. The summed E-state index contributed by atoms with van der Waals surface area (Å²) in [6, 6.07) is 16.8. The molecule has 0 radical (unpaired) electrons. The second-order valence-electron chi connectivity index (χ2n) is 8.91. The van der Waals surface area contributed by atoms with Crippen molar-refractivity contribution in [3.05, 3.63) is 60.2 Å². The highest BCUT2D eigenvalue weighted by Gasteiger charge is 2.30. The third kappa shape index (κ3) is 5.58. The van der Waals surface area contributed by atoms with Gasteiger partial charge in [-0.1, -0.05) is 25.1 Å². The summed E-state index contributed by atoms with van der Waals surface area (Å²) >= 11 is 0. The van der Waals surface area contributed by atoms with Crippen molar-refractivity contribution in [1.82, 2.24) is 9.80 Å². The van der Waals surface area contributed by atoms with Crippen molar-refractivity contribution in [2.75, 3.05) is 37.7 Å². The van der Waals surface area contributed by atoms with E-state index in [9.17, 15) is 14.4 Å². The molecular formula is C27H33N3O4. The molecule has 2 saturated heterocycles. The Hall–Kier alpha value is -3.35. The maximum atomic E-state index is 13.0. The molecule has 2 heterocycles. The molecule has 34 heavy (non-hydrogen) atoms. The summed E-state index contributed by atoms with van der Waals surface area (Å²) in [4.78, 5) is 43.2. The number of anilines is 1. The molecule has 0 N–H and O–H groups in total. The molecule has 0 aromatic heterocycles. The number of benzene rings is 2. The van der Waals surface area contributed by atoms with Crippen molar-refractivity contribution in [2.24, 2.45) is 0 Å². The van der Waals surface area contributed by atoms with Gasteiger partial charge >= 0.3 is 0 Å². The summed E-state index contributed by atoms with van der Waals surface area (Å²) in [6.45, 7) is 4.75. The van der Waals surface area contributed by atoms with Crippen LogP contribution >= 0.6 is 0 Å². The van der Waals surface area contributed by atoms with Crippen LogP contribution in [0.15, 0.2) is 54.6 Å². The van der Waals surface area contributed by atoms with Crippen molar-refractivity contribution in [3.63, 3.8) is 0 Å². The summed E-state index contributed by atoms with van der Waals surface area (Å²) in [6.07, 6.45) is 3.89. The number of rotatable bonds is 8. The highest BCUT2D eigenvalue weighted by Crippen LogP contribution is 2.24. The fourth-order valence-corrected chi connectivity index (χ4v) is 4.77.